The van der Waals surface area contributed by atoms with Gasteiger partial charge in [-0.05, 0) is 6.07 Å². The largest absolute Gasteiger partial charge is 0.492 e. The molecule has 2 aliphatic heterocycles. The predicted molar refractivity (Wildman–Crippen MR) is 73.9 cm³/mol. The van der Waals surface area contributed by atoms with Gasteiger partial charge in [0.05, 0.1) is 13.2 Å². The molecule has 1 N–H and O–H groups in total. The minimum Gasteiger partial charge on any atom is -0.492 e. The number of fused-ring (bicyclic) bond motifs is 1. The van der Waals surface area contributed by atoms with E-state index in [1.165, 1.54) is 11.3 Å². The Hall–Kier alpha value is -0.970. The van der Waals surface area contributed by atoms with E-state index < -0.39 is 0 Å². The summed E-state index contributed by atoms with van der Waals surface area (Å²) in [5.41, 5.74) is 2.49. The lowest BCUT2D eigenvalue weighted by atomic mass is 10.1. The van der Waals surface area contributed by atoms with Gasteiger partial charge in [0.1, 0.15) is 12.4 Å². The van der Waals surface area contributed by atoms with E-state index in [0.29, 0.717) is 0 Å². The van der Waals surface area contributed by atoms with Crippen LogP contribution in [0, 0.1) is 0 Å². The fourth-order valence-electron chi connectivity index (χ4n) is 2.30. The van der Waals surface area contributed by atoms with Gasteiger partial charge in [-0.25, -0.2) is 0 Å². The zero-order valence-electron chi connectivity index (χ0n) is 10.4. The summed E-state index contributed by atoms with van der Waals surface area (Å²) in [6, 6.07) is 6.51. The molecule has 1 saturated heterocycles. The van der Waals surface area contributed by atoms with Gasteiger partial charge in [-0.3, -0.25) is 0 Å². The molecule has 1 fully saturated rings. The molecule has 3 rings (SSSR count). The highest BCUT2D eigenvalue weighted by molar-refractivity contribution is 5.85. The van der Waals surface area contributed by atoms with E-state index in [4.69, 9.17) is 9.47 Å². The van der Waals surface area contributed by atoms with E-state index >= 15 is 0 Å². The van der Waals surface area contributed by atoms with Crippen LogP contribution in [0.1, 0.15) is 5.56 Å². The highest BCUT2D eigenvalue weighted by Gasteiger charge is 2.14. The van der Waals surface area contributed by atoms with Gasteiger partial charge in [0.2, 0.25) is 0 Å². The molecule has 18 heavy (non-hydrogen) atoms. The number of anilines is 1. The van der Waals surface area contributed by atoms with Crippen LogP contribution in [0.3, 0.4) is 0 Å². The third-order valence-corrected chi connectivity index (χ3v) is 3.28. The first-order chi connectivity index (χ1) is 8.43. The molecule has 0 unspecified atom stereocenters. The van der Waals surface area contributed by atoms with Gasteiger partial charge in [0, 0.05) is 43.5 Å². The number of nitrogens with one attached hydrogen (secondary N) is 1. The summed E-state index contributed by atoms with van der Waals surface area (Å²) in [6.07, 6.45) is 0. The van der Waals surface area contributed by atoms with Crippen molar-refractivity contribution in [2.45, 2.75) is 6.54 Å². The lowest BCUT2D eigenvalue weighted by molar-refractivity contribution is 0.122. The molecule has 100 valence electrons. The highest BCUT2D eigenvalue weighted by Crippen LogP contribution is 2.27. The van der Waals surface area contributed by atoms with Crippen LogP contribution < -0.4 is 15.0 Å². The Labute approximate surface area is 114 Å². The van der Waals surface area contributed by atoms with Gasteiger partial charge in [0.25, 0.3) is 0 Å². The molecule has 0 aliphatic carbocycles. The summed E-state index contributed by atoms with van der Waals surface area (Å²) in [5, 5.41) is 3.34. The first-order valence-electron chi connectivity index (χ1n) is 6.22. The Kier molecular flexibility index (Phi) is 4.69. The first-order valence-corrected chi connectivity index (χ1v) is 6.22. The van der Waals surface area contributed by atoms with Crippen LogP contribution in [0.4, 0.5) is 5.69 Å². The normalized spacial score (nSPS) is 19.2. The zero-order chi connectivity index (χ0) is 11.5. The molecule has 1 aromatic carbocycles. The molecular weight excluding hydrogens is 252 g/mol. The minimum atomic E-state index is 0. The van der Waals surface area contributed by atoms with Crippen LogP contribution in [-0.2, 0) is 11.3 Å². The SMILES string of the molecule is Cl.c1cc2c(cc1N1CCOCC1)OCCNC2. The molecule has 0 aromatic heterocycles. The molecule has 0 spiro atoms. The van der Waals surface area contributed by atoms with E-state index in [-0.39, 0.29) is 12.4 Å². The van der Waals surface area contributed by atoms with Gasteiger partial charge in [-0.2, -0.15) is 0 Å². The Balaban J connectivity index is 0.00000120. The Morgan fingerprint density at radius 2 is 1.94 bits per heavy atom. The average molecular weight is 271 g/mol. The quantitative estimate of drug-likeness (QED) is 0.837. The molecule has 1 aromatic rings. The topological polar surface area (TPSA) is 33.7 Å². The van der Waals surface area contributed by atoms with Crippen molar-refractivity contribution in [2.24, 2.45) is 0 Å². The van der Waals surface area contributed by atoms with E-state index in [1.807, 2.05) is 0 Å². The third kappa shape index (κ3) is 2.88. The molecule has 0 atom stereocenters. The fraction of sp³-hybridized carbons (Fsp3) is 0.538. The molecule has 2 aliphatic rings. The van der Waals surface area contributed by atoms with Crippen LogP contribution in [0.2, 0.25) is 0 Å². The maximum absolute atomic E-state index is 5.76. The lowest BCUT2D eigenvalue weighted by Gasteiger charge is -2.29. The number of nitrogens with zero attached hydrogens (tertiary/aromatic N) is 1. The molecule has 0 bridgehead atoms. The molecule has 0 amide bonds. The van der Waals surface area contributed by atoms with Crippen molar-refractivity contribution < 1.29 is 9.47 Å². The van der Waals surface area contributed by atoms with Crippen molar-refractivity contribution in [2.75, 3.05) is 44.4 Å². The first kappa shape index (κ1) is 13.5. The predicted octanol–water partition coefficient (Wildman–Crippen LogP) is 1.43. The number of morpholine rings is 1. The maximum Gasteiger partial charge on any atom is 0.125 e. The summed E-state index contributed by atoms with van der Waals surface area (Å²) in [6.45, 7) is 6.15. The summed E-state index contributed by atoms with van der Waals surface area (Å²) < 4.78 is 11.1. The number of hydrogen-bond acceptors (Lipinski definition) is 4. The second-order valence-corrected chi connectivity index (χ2v) is 4.42. The molecular formula is C13H19ClN2O2. The highest BCUT2D eigenvalue weighted by atomic mass is 35.5. The van der Waals surface area contributed by atoms with E-state index in [2.05, 4.69) is 28.4 Å². The summed E-state index contributed by atoms with van der Waals surface area (Å²) >= 11 is 0. The average Bonchev–Trinajstić information content (AvgIpc) is 2.64. The van der Waals surface area contributed by atoms with E-state index in [9.17, 15) is 0 Å². The number of ether oxygens (including phenoxy) is 2. The van der Waals surface area contributed by atoms with Gasteiger partial charge in [-0.15, -0.1) is 12.4 Å². The monoisotopic (exact) mass is 270 g/mol. The van der Waals surface area contributed by atoms with Gasteiger partial charge < -0.3 is 19.7 Å². The smallest absolute Gasteiger partial charge is 0.125 e. The fourth-order valence-corrected chi connectivity index (χ4v) is 2.30. The second kappa shape index (κ2) is 6.27. The molecule has 2 heterocycles. The van der Waals surface area contributed by atoms with Gasteiger partial charge in [0.15, 0.2) is 0 Å². The van der Waals surface area contributed by atoms with Crippen molar-refractivity contribution >= 4 is 18.1 Å². The van der Waals surface area contributed by atoms with Crippen molar-refractivity contribution in [1.82, 2.24) is 5.32 Å². The number of benzene rings is 1. The van der Waals surface area contributed by atoms with E-state index in [0.717, 1.165) is 51.7 Å². The Morgan fingerprint density at radius 1 is 1.11 bits per heavy atom. The molecule has 0 radical (unpaired) electrons. The van der Waals surface area contributed by atoms with Crippen LogP contribution in [-0.4, -0.2) is 39.5 Å². The van der Waals surface area contributed by atoms with Crippen LogP contribution in [0.15, 0.2) is 18.2 Å². The Bertz CT molecular complexity index is 395. The molecule has 0 saturated carbocycles. The zero-order valence-corrected chi connectivity index (χ0v) is 11.2. The Morgan fingerprint density at radius 3 is 2.78 bits per heavy atom. The summed E-state index contributed by atoms with van der Waals surface area (Å²) in [4.78, 5) is 2.35. The third-order valence-electron chi connectivity index (χ3n) is 3.28. The number of hydrogen-bond donors (Lipinski definition) is 1. The maximum atomic E-state index is 5.76. The molecule has 5 heteroatoms. The molecule has 4 nitrogen and oxygen atoms in total. The van der Waals surface area contributed by atoms with E-state index in [1.54, 1.807) is 0 Å². The van der Waals surface area contributed by atoms with Crippen molar-refractivity contribution in [3.05, 3.63) is 23.8 Å². The van der Waals surface area contributed by atoms with Gasteiger partial charge >= 0.3 is 0 Å². The number of halogens is 1. The van der Waals surface area contributed by atoms with Crippen LogP contribution in [0.25, 0.3) is 0 Å². The van der Waals surface area contributed by atoms with Crippen LogP contribution in [0.5, 0.6) is 5.75 Å². The standard InChI is InChI=1S/C13H18N2O2.ClH/c1-2-12(15-4-7-16-8-5-15)9-13-11(1)10-14-3-6-17-13;/h1-2,9,14H,3-8,10H2;1H. The van der Waals surface area contributed by atoms with Crippen molar-refractivity contribution in [1.29, 1.82) is 0 Å². The summed E-state index contributed by atoms with van der Waals surface area (Å²) in [5.74, 6) is 1.03. The number of rotatable bonds is 1. The van der Waals surface area contributed by atoms with Crippen molar-refractivity contribution in [3.8, 4) is 5.75 Å². The van der Waals surface area contributed by atoms with Crippen LogP contribution >= 0.6 is 12.4 Å². The van der Waals surface area contributed by atoms with Gasteiger partial charge in [-0.1, -0.05) is 6.07 Å². The second-order valence-electron chi connectivity index (χ2n) is 4.42. The van der Waals surface area contributed by atoms with Crippen molar-refractivity contribution in [3.63, 3.8) is 0 Å². The summed E-state index contributed by atoms with van der Waals surface area (Å²) in [7, 11) is 0. The lowest BCUT2D eigenvalue weighted by Crippen LogP contribution is -2.36. The minimum absolute atomic E-state index is 0.